The van der Waals surface area contributed by atoms with Crippen LogP contribution in [0.25, 0.3) is 10.9 Å². The van der Waals surface area contributed by atoms with E-state index >= 15 is 4.39 Å². The Bertz CT molecular complexity index is 1220. The minimum absolute atomic E-state index is 0.0789. The van der Waals surface area contributed by atoms with Gasteiger partial charge >= 0.3 is 6.16 Å². The number of benzene rings is 1. The van der Waals surface area contributed by atoms with Crippen molar-refractivity contribution in [2.75, 3.05) is 18.0 Å². The number of pyridine rings is 1. The number of halogens is 1. The van der Waals surface area contributed by atoms with Crippen molar-refractivity contribution in [3.8, 4) is 5.75 Å². The number of hydrogen-bond donors (Lipinski definition) is 2. The number of hydrogen-bond acceptors (Lipinski definition) is 6. The zero-order valence-electron chi connectivity index (χ0n) is 18.8. The van der Waals surface area contributed by atoms with E-state index in [2.05, 4.69) is 30.7 Å². The molecule has 5 unspecified atom stereocenters. The number of nitrogens with two attached hydrogens (primary N) is 1. The van der Waals surface area contributed by atoms with Gasteiger partial charge in [0.25, 0.3) is 0 Å². The molecule has 2 aromatic rings. The number of aromatic nitrogens is 1. The minimum atomic E-state index is -1.61. The van der Waals surface area contributed by atoms with Crippen molar-refractivity contribution in [1.82, 2.24) is 4.57 Å². The maximum atomic E-state index is 15.6. The molecule has 0 bridgehead atoms. The Balaban J connectivity index is 1.65. The van der Waals surface area contributed by atoms with E-state index in [0.29, 0.717) is 47.6 Å². The summed E-state index contributed by atoms with van der Waals surface area (Å²) in [4.78, 5) is 26.0. The first-order chi connectivity index (χ1) is 15.7. The van der Waals surface area contributed by atoms with Crippen molar-refractivity contribution in [3.63, 3.8) is 0 Å². The van der Waals surface area contributed by atoms with Crippen molar-refractivity contribution < 1.29 is 23.8 Å². The minimum Gasteiger partial charge on any atom is -0.449 e. The van der Waals surface area contributed by atoms with Crippen LogP contribution >= 0.6 is 0 Å². The second-order valence-electron chi connectivity index (χ2n) is 9.61. The highest BCUT2D eigenvalue weighted by atomic mass is 19.1. The van der Waals surface area contributed by atoms with Gasteiger partial charge < -0.3 is 29.8 Å². The van der Waals surface area contributed by atoms with E-state index < -0.39 is 23.6 Å². The van der Waals surface area contributed by atoms with Gasteiger partial charge in [0.1, 0.15) is 12.0 Å². The monoisotopic (exact) mass is 457 g/mol. The summed E-state index contributed by atoms with van der Waals surface area (Å²) < 4.78 is 27.8. The molecule has 1 aromatic carbocycles. The molecule has 5 rings (SSSR count). The van der Waals surface area contributed by atoms with Crippen molar-refractivity contribution >= 4 is 22.7 Å². The molecular formula is C24H28FN3O5. The Labute approximate surface area is 190 Å². The van der Waals surface area contributed by atoms with Gasteiger partial charge in [-0.2, -0.15) is 0 Å². The second kappa shape index (κ2) is 7.85. The molecule has 5 atom stereocenters. The smallest absolute Gasteiger partial charge is 0.449 e. The summed E-state index contributed by atoms with van der Waals surface area (Å²) >= 11 is 0. The van der Waals surface area contributed by atoms with Gasteiger partial charge in [-0.3, -0.25) is 4.79 Å². The fraction of sp³-hybridized carbons (Fsp3) is 0.500. The van der Waals surface area contributed by atoms with Gasteiger partial charge in [0.05, 0.1) is 29.4 Å². The third kappa shape index (κ3) is 3.41. The van der Waals surface area contributed by atoms with Gasteiger partial charge in [-0.05, 0) is 30.7 Å². The zero-order valence-corrected chi connectivity index (χ0v) is 18.8. The number of ether oxygens (including phenoxy) is 2. The highest BCUT2D eigenvalue weighted by Gasteiger charge is 2.44. The van der Waals surface area contributed by atoms with Gasteiger partial charge in [-0.15, -0.1) is 0 Å². The molecule has 176 valence electrons. The Morgan fingerprint density at radius 2 is 2.03 bits per heavy atom. The standard InChI is InChI=1S/C24H28FN3O5/c1-11(2)13-4-5-19(26)16-8-27(7-15(13)16)22-17-10-32-12(3)28-9-20(33-24(30)31)23(29)14(21(17)28)6-18(22)25/h4-6,9,11-13,15-16,19H,7-8,10,26H2,1-3H3,(H,30,31). The van der Waals surface area contributed by atoms with Crippen LogP contribution in [0.5, 0.6) is 5.75 Å². The normalized spacial score (nSPS) is 28.4. The van der Waals surface area contributed by atoms with E-state index in [4.69, 9.17) is 15.6 Å². The number of anilines is 1. The predicted molar refractivity (Wildman–Crippen MR) is 121 cm³/mol. The molecule has 2 aliphatic heterocycles. The molecule has 3 aliphatic rings. The fourth-order valence-corrected chi connectivity index (χ4v) is 5.86. The Hall–Kier alpha value is -2.91. The van der Waals surface area contributed by atoms with Gasteiger partial charge in [-0.25, -0.2) is 9.18 Å². The van der Waals surface area contributed by atoms with Crippen molar-refractivity contribution in [2.24, 2.45) is 29.4 Å². The van der Waals surface area contributed by atoms with Crippen molar-refractivity contribution in [1.29, 1.82) is 0 Å². The Morgan fingerprint density at radius 1 is 1.30 bits per heavy atom. The summed E-state index contributed by atoms with van der Waals surface area (Å²) in [5.41, 5.74) is 7.31. The quantitative estimate of drug-likeness (QED) is 0.537. The van der Waals surface area contributed by atoms with E-state index in [1.165, 1.54) is 12.3 Å². The molecule has 0 amide bonds. The van der Waals surface area contributed by atoms with Crippen LogP contribution in [0.2, 0.25) is 0 Å². The number of carboxylic acid groups (broad SMARTS) is 1. The van der Waals surface area contributed by atoms with E-state index in [9.17, 15) is 9.59 Å². The lowest BCUT2D eigenvalue weighted by molar-refractivity contribution is -0.00204. The highest BCUT2D eigenvalue weighted by Crippen LogP contribution is 2.44. The third-order valence-electron chi connectivity index (χ3n) is 7.41. The molecule has 9 heteroatoms. The van der Waals surface area contributed by atoms with Gasteiger partial charge in [0.2, 0.25) is 5.43 Å². The number of carbonyl (C=O) groups is 1. The van der Waals surface area contributed by atoms with Crippen LogP contribution in [-0.2, 0) is 11.3 Å². The Kier molecular flexibility index (Phi) is 5.21. The van der Waals surface area contributed by atoms with Crippen molar-refractivity contribution in [2.45, 2.75) is 39.6 Å². The molecule has 0 saturated carbocycles. The fourth-order valence-electron chi connectivity index (χ4n) is 5.86. The van der Waals surface area contributed by atoms with Crippen LogP contribution in [0.1, 0.15) is 32.6 Å². The van der Waals surface area contributed by atoms with Crippen molar-refractivity contribution in [3.05, 3.63) is 46.0 Å². The van der Waals surface area contributed by atoms with Crippen LogP contribution in [0.3, 0.4) is 0 Å². The molecule has 1 aromatic heterocycles. The molecule has 1 saturated heterocycles. The lowest BCUT2D eigenvalue weighted by Gasteiger charge is -2.34. The van der Waals surface area contributed by atoms with Crippen LogP contribution in [0, 0.1) is 29.5 Å². The number of allylic oxidation sites excluding steroid dienone is 1. The molecule has 3 heterocycles. The number of nitrogens with zero attached hydrogens (tertiary/aromatic N) is 2. The third-order valence-corrected chi connectivity index (χ3v) is 7.41. The predicted octanol–water partition coefficient (Wildman–Crippen LogP) is 3.47. The molecule has 1 aliphatic carbocycles. The van der Waals surface area contributed by atoms with Crippen LogP contribution in [0.4, 0.5) is 14.9 Å². The summed E-state index contributed by atoms with van der Waals surface area (Å²) in [6.45, 7) is 7.60. The largest absolute Gasteiger partial charge is 0.511 e. The molecule has 0 spiro atoms. The van der Waals surface area contributed by atoms with E-state index in [0.717, 1.165) is 0 Å². The maximum Gasteiger partial charge on any atom is 0.511 e. The first-order valence-corrected chi connectivity index (χ1v) is 11.3. The van der Waals surface area contributed by atoms with Gasteiger partial charge in [0.15, 0.2) is 5.75 Å². The summed E-state index contributed by atoms with van der Waals surface area (Å²) in [6.07, 6.45) is 3.52. The van der Waals surface area contributed by atoms with E-state index in [-0.39, 0.29) is 29.7 Å². The maximum absolute atomic E-state index is 15.6. The first-order valence-electron chi connectivity index (χ1n) is 11.3. The molecule has 3 N–H and O–H groups in total. The van der Waals surface area contributed by atoms with E-state index in [1.807, 2.05) is 4.90 Å². The zero-order chi connectivity index (χ0) is 23.6. The average molecular weight is 458 g/mol. The topological polar surface area (TPSA) is 107 Å². The molecule has 33 heavy (non-hydrogen) atoms. The van der Waals surface area contributed by atoms with E-state index in [1.54, 1.807) is 11.5 Å². The van der Waals surface area contributed by atoms with Gasteiger partial charge in [-0.1, -0.05) is 26.0 Å². The average Bonchev–Trinajstić information content (AvgIpc) is 3.18. The summed E-state index contributed by atoms with van der Waals surface area (Å²) in [6, 6.07) is 1.11. The lowest BCUT2D eigenvalue weighted by Crippen LogP contribution is -2.40. The van der Waals surface area contributed by atoms with Gasteiger partial charge in [0, 0.05) is 30.6 Å². The highest BCUT2D eigenvalue weighted by molar-refractivity contribution is 5.89. The molecule has 8 nitrogen and oxygen atoms in total. The molecule has 1 fully saturated rings. The molecule has 0 radical (unpaired) electrons. The number of fused-ring (bicyclic) bond motifs is 1. The summed E-state index contributed by atoms with van der Waals surface area (Å²) in [5, 5.41) is 9.07. The van der Waals surface area contributed by atoms with Crippen LogP contribution in [0.15, 0.2) is 29.2 Å². The SMILES string of the molecule is CC(C)C1C=CC(N)C2CN(c3c(F)cc4c(=O)c(OC(=O)O)cn5c4c3COC5C)CC12. The summed E-state index contributed by atoms with van der Waals surface area (Å²) in [7, 11) is 0. The van der Waals surface area contributed by atoms with Crippen LogP contribution < -0.4 is 20.8 Å². The second-order valence-corrected chi connectivity index (χ2v) is 9.61. The number of rotatable bonds is 3. The summed E-state index contributed by atoms with van der Waals surface area (Å²) in [5.74, 6) is 0.418. The molecular weight excluding hydrogens is 429 g/mol. The lowest BCUT2D eigenvalue weighted by atomic mass is 9.71. The Morgan fingerprint density at radius 3 is 2.73 bits per heavy atom. The van der Waals surface area contributed by atoms with Crippen LogP contribution in [-0.4, -0.2) is 35.0 Å². The first kappa shape index (κ1) is 21.9.